The van der Waals surface area contributed by atoms with Crippen molar-refractivity contribution >= 4 is 0 Å². The van der Waals surface area contributed by atoms with Gasteiger partial charge in [0, 0.05) is 18.7 Å². The molecule has 0 aliphatic rings. The highest BCUT2D eigenvalue weighted by molar-refractivity contribution is 5.39. The average molecular weight is 320 g/mol. The van der Waals surface area contributed by atoms with E-state index in [1.165, 1.54) is 0 Å². The van der Waals surface area contributed by atoms with E-state index in [2.05, 4.69) is 10.5 Å². The smallest absolute Gasteiger partial charge is 0.161 e. The van der Waals surface area contributed by atoms with Gasteiger partial charge in [-0.2, -0.15) is 0 Å². The molecule has 0 saturated carbocycles. The van der Waals surface area contributed by atoms with Crippen LogP contribution in [-0.2, 0) is 6.61 Å². The third-order valence-electron chi connectivity index (χ3n) is 3.09. The van der Waals surface area contributed by atoms with Crippen molar-refractivity contribution in [1.82, 2.24) is 10.5 Å². The molecular weight excluding hydrogens is 296 g/mol. The molecule has 0 amide bonds. The van der Waals surface area contributed by atoms with Crippen LogP contribution in [0.1, 0.15) is 25.3 Å². The van der Waals surface area contributed by atoms with Gasteiger partial charge in [0.25, 0.3) is 0 Å². The minimum Gasteiger partial charge on any atom is -0.487 e. The molecule has 0 radical (unpaired) electrons. The first-order chi connectivity index (χ1) is 11.0. The average Bonchev–Trinajstić information content (AvgIpc) is 2.95. The Labute approximate surface area is 136 Å². The van der Waals surface area contributed by atoms with E-state index >= 15 is 0 Å². The van der Waals surface area contributed by atoms with E-state index < -0.39 is 6.10 Å². The molecule has 0 saturated heterocycles. The van der Waals surface area contributed by atoms with Crippen LogP contribution in [0, 0.1) is 6.92 Å². The Morgan fingerprint density at radius 3 is 2.52 bits per heavy atom. The van der Waals surface area contributed by atoms with Crippen molar-refractivity contribution in [2.45, 2.75) is 39.5 Å². The summed E-state index contributed by atoms with van der Waals surface area (Å²) in [6, 6.07) is 9.51. The molecule has 1 aromatic heterocycles. The predicted octanol–water partition coefficient (Wildman–Crippen LogP) is 2.30. The second-order valence-corrected chi connectivity index (χ2v) is 5.69. The zero-order chi connectivity index (χ0) is 16.7. The summed E-state index contributed by atoms with van der Waals surface area (Å²) in [6.07, 6.45) is -0.580. The number of benzene rings is 1. The van der Waals surface area contributed by atoms with Crippen LogP contribution < -0.4 is 14.8 Å². The number of nitrogens with one attached hydrogen (secondary N) is 1. The lowest BCUT2D eigenvalue weighted by atomic mass is 10.3. The van der Waals surface area contributed by atoms with Gasteiger partial charge in [0.1, 0.15) is 30.8 Å². The lowest BCUT2D eigenvalue weighted by Crippen LogP contribution is -2.35. The molecule has 0 fully saturated rings. The Bertz CT molecular complexity index is 598. The quantitative estimate of drug-likeness (QED) is 0.738. The number of ether oxygens (including phenoxy) is 2. The van der Waals surface area contributed by atoms with E-state index in [9.17, 15) is 5.11 Å². The summed E-state index contributed by atoms with van der Waals surface area (Å²) in [5.74, 6) is 1.95. The molecule has 1 unspecified atom stereocenters. The normalized spacial score (nSPS) is 12.4. The Morgan fingerprint density at radius 1 is 1.22 bits per heavy atom. The largest absolute Gasteiger partial charge is 0.487 e. The maximum atomic E-state index is 9.91. The number of aliphatic hydroxyl groups excluding tert-OH is 1. The Balaban J connectivity index is 1.87. The first-order valence-electron chi connectivity index (χ1n) is 7.73. The van der Waals surface area contributed by atoms with E-state index in [0.717, 1.165) is 11.5 Å². The molecule has 6 heteroatoms. The van der Waals surface area contributed by atoms with Gasteiger partial charge >= 0.3 is 0 Å². The molecule has 0 aliphatic carbocycles. The number of aliphatic hydroxyl groups is 1. The second kappa shape index (κ2) is 8.55. The third-order valence-corrected chi connectivity index (χ3v) is 3.09. The number of para-hydroxylation sites is 2. The molecule has 1 atom stereocenters. The van der Waals surface area contributed by atoms with Crippen molar-refractivity contribution < 1.29 is 19.1 Å². The van der Waals surface area contributed by atoms with Crippen LogP contribution in [0.3, 0.4) is 0 Å². The van der Waals surface area contributed by atoms with E-state index in [4.69, 9.17) is 14.0 Å². The zero-order valence-electron chi connectivity index (χ0n) is 13.8. The third kappa shape index (κ3) is 5.92. The van der Waals surface area contributed by atoms with Crippen molar-refractivity contribution in [3.63, 3.8) is 0 Å². The number of rotatable bonds is 9. The van der Waals surface area contributed by atoms with Crippen LogP contribution in [0.25, 0.3) is 0 Å². The van der Waals surface area contributed by atoms with E-state index in [-0.39, 0.29) is 6.61 Å². The van der Waals surface area contributed by atoms with E-state index in [1.807, 2.05) is 51.1 Å². The second-order valence-electron chi connectivity index (χ2n) is 5.69. The van der Waals surface area contributed by atoms with Crippen molar-refractivity contribution in [2.75, 3.05) is 13.2 Å². The number of aryl methyl sites for hydroxylation is 1. The van der Waals surface area contributed by atoms with Gasteiger partial charge in [-0.3, -0.25) is 0 Å². The van der Waals surface area contributed by atoms with E-state index in [1.54, 1.807) is 0 Å². The molecule has 23 heavy (non-hydrogen) atoms. The van der Waals surface area contributed by atoms with Gasteiger partial charge < -0.3 is 24.4 Å². The van der Waals surface area contributed by atoms with Gasteiger partial charge in [-0.1, -0.05) is 31.1 Å². The summed E-state index contributed by atoms with van der Waals surface area (Å²) in [7, 11) is 0. The van der Waals surface area contributed by atoms with Crippen LogP contribution in [0.5, 0.6) is 11.5 Å². The molecule has 2 N–H and O–H groups in total. The summed E-state index contributed by atoms with van der Waals surface area (Å²) >= 11 is 0. The van der Waals surface area contributed by atoms with Crippen LogP contribution in [-0.4, -0.2) is 35.6 Å². The van der Waals surface area contributed by atoms with Gasteiger partial charge in [-0.05, 0) is 19.1 Å². The zero-order valence-corrected chi connectivity index (χ0v) is 13.8. The lowest BCUT2D eigenvalue weighted by Gasteiger charge is -2.16. The standard InChI is InChI=1S/C17H24N2O4/c1-12(2)18-9-15(20)11-22-17-7-5-4-6-16(17)21-10-14-8-13(3)23-19-14/h4-8,12,15,18,20H,9-11H2,1-3H3. The van der Waals surface area contributed by atoms with Gasteiger partial charge in [0.05, 0.1) is 0 Å². The number of hydrogen-bond donors (Lipinski definition) is 2. The highest BCUT2D eigenvalue weighted by atomic mass is 16.5. The minimum atomic E-state index is -0.580. The van der Waals surface area contributed by atoms with Gasteiger partial charge in [-0.25, -0.2) is 0 Å². The lowest BCUT2D eigenvalue weighted by molar-refractivity contribution is 0.102. The summed E-state index contributed by atoms with van der Waals surface area (Å²) < 4.78 is 16.4. The Hall–Kier alpha value is -2.05. The summed E-state index contributed by atoms with van der Waals surface area (Å²) in [5, 5.41) is 17.0. The fraction of sp³-hybridized carbons (Fsp3) is 0.471. The molecule has 1 aromatic carbocycles. The van der Waals surface area contributed by atoms with Gasteiger partial charge in [-0.15, -0.1) is 0 Å². The first kappa shape index (κ1) is 17.3. The minimum absolute atomic E-state index is 0.198. The Kier molecular flexibility index (Phi) is 6.43. The summed E-state index contributed by atoms with van der Waals surface area (Å²) in [5.41, 5.74) is 0.721. The highest BCUT2D eigenvalue weighted by Gasteiger charge is 2.10. The fourth-order valence-electron chi connectivity index (χ4n) is 1.94. The van der Waals surface area contributed by atoms with E-state index in [0.29, 0.717) is 30.7 Å². The van der Waals surface area contributed by atoms with Crippen LogP contribution in [0.2, 0.25) is 0 Å². The van der Waals surface area contributed by atoms with Crippen molar-refractivity contribution in [3.05, 3.63) is 41.8 Å². The maximum Gasteiger partial charge on any atom is 0.161 e. The summed E-state index contributed by atoms with van der Waals surface area (Å²) in [4.78, 5) is 0. The molecule has 0 aliphatic heterocycles. The van der Waals surface area contributed by atoms with Crippen molar-refractivity contribution in [1.29, 1.82) is 0 Å². The van der Waals surface area contributed by atoms with Crippen LogP contribution >= 0.6 is 0 Å². The van der Waals surface area contributed by atoms with Crippen LogP contribution in [0.15, 0.2) is 34.9 Å². The maximum absolute atomic E-state index is 9.91. The molecule has 2 rings (SSSR count). The molecule has 0 bridgehead atoms. The molecule has 1 heterocycles. The predicted molar refractivity (Wildman–Crippen MR) is 86.7 cm³/mol. The molecule has 2 aromatic rings. The van der Waals surface area contributed by atoms with Gasteiger partial charge in [0.15, 0.2) is 11.5 Å². The topological polar surface area (TPSA) is 76.8 Å². The molecule has 6 nitrogen and oxygen atoms in total. The van der Waals surface area contributed by atoms with Crippen molar-refractivity contribution in [2.24, 2.45) is 0 Å². The number of nitrogens with zero attached hydrogens (tertiary/aromatic N) is 1. The number of hydrogen-bond acceptors (Lipinski definition) is 6. The van der Waals surface area contributed by atoms with Crippen LogP contribution in [0.4, 0.5) is 0 Å². The molecular formula is C17H24N2O4. The Morgan fingerprint density at radius 2 is 1.91 bits per heavy atom. The fourth-order valence-corrected chi connectivity index (χ4v) is 1.94. The molecule has 126 valence electrons. The SMILES string of the molecule is Cc1cc(COc2ccccc2OCC(O)CNC(C)C)no1. The summed E-state index contributed by atoms with van der Waals surface area (Å²) in [6.45, 7) is 6.88. The van der Waals surface area contributed by atoms with Crippen molar-refractivity contribution in [3.8, 4) is 11.5 Å². The highest BCUT2D eigenvalue weighted by Crippen LogP contribution is 2.27. The first-order valence-corrected chi connectivity index (χ1v) is 7.73. The molecule has 0 spiro atoms. The number of aromatic nitrogens is 1. The monoisotopic (exact) mass is 320 g/mol. The van der Waals surface area contributed by atoms with Gasteiger partial charge in [0.2, 0.25) is 0 Å².